The zero-order valence-corrected chi connectivity index (χ0v) is 81.1. The van der Waals surface area contributed by atoms with Gasteiger partial charge in [0.25, 0.3) is 5.91 Å². The number of benzene rings is 3. The van der Waals surface area contributed by atoms with Gasteiger partial charge in [-0.15, -0.1) is 11.8 Å². The van der Waals surface area contributed by atoms with Crippen molar-refractivity contribution in [3.8, 4) is 0 Å². The Balaban J connectivity index is 1.12. The van der Waals surface area contributed by atoms with E-state index in [1.54, 1.807) is 105 Å². The molecule has 24 N–H and O–H groups in total. The Morgan fingerprint density at radius 2 is 1.06 bits per heavy atom. The van der Waals surface area contributed by atoms with Crippen LogP contribution in [0.2, 0.25) is 0 Å². The number of carbonyl (C=O) groups excluding carboxylic acids is 18. The van der Waals surface area contributed by atoms with E-state index >= 15 is 38.4 Å². The van der Waals surface area contributed by atoms with Crippen molar-refractivity contribution in [2.75, 3.05) is 65.4 Å². The van der Waals surface area contributed by atoms with Crippen LogP contribution in [0.25, 0.3) is 21.8 Å². The molecule has 2 saturated heterocycles. The van der Waals surface area contributed by atoms with Crippen molar-refractivity contribution in [1.29, 1.82) is 5.41 Å². The van der Waals surface area contributed by atoms with Gasteiger partial charge in [-0.1, -0.05) is 120 Å². The number of imidazole rings is 1. The van der Waals surface area contributed by atoms with Crippen LogP contribution in [-0.4, -0.2) is 307 Å². The van der Waals surface area contributed by atoms with E-state index in [4.69, 9.17) is 27.0 Å². The maximum atomic E-state index is 15.8. The molecule has 9 rings (SSSR count). The van der Waals surface area contributed by atoms with Crippen LogP contribution in [0.4, 0.5) is 0 Å². The van der Waals surface area contributed by atoms with Gasteiger partial charge in [0.15, 0.2) is 11.7 Å². The molecule has 0 bridgehead atoms. The molecule has 2 aliphatic heterocycles. The Morgan fingerprint density at radius 3 is 1.67 bits per heavy atom. The second-order valence-electron chi connectivity index (χ2n) is 35.5. The van der Waals surface area contributed by atoms with E-state index in [9.17, 15) is 53.1 Å². The highest BCUT2D eigenvalue weighted by Crippen LogP contribution is 2.27. The zero-order valence-electron chi connectivity index (χ0n) is 80.3. The number of likely N-dealkylation sites (N-methyl/N-ethyl adjacent to an activating group) is 3. The summed E-state index contributed by atoms with van der Waals surface area (Å²) in [5.41, 5.74) is 19.9. The van der Waals surface area contributed by atoms with Crippen LogP contribution in [0, 0.1) is 11.3 Å². The van der Waals surface area contributed by atoms with Crippen LogP contribution in [0.3, 0.4) is 0 Å². The Hall–Kier alpha value is -14.7. The van der Waals surface area contributed by atoms with E-state index in [0.29, 0.717) is 69.9 Å². The molecule has 45 nitrogen and oxygen atoms in total. The van der Waals surface area contributed by atoms with Crippen molar-refractivity contribution >= 4 is 146 Å². The lowest BCUT2D eigenvalue weighted by molar-refractivity contribution is -0.149. The van der Waals surface area contributed by atoms with Gasteiger partial charge in [-0.3, -0.25) is 91.7 Å². The first-order valence-corrected chi connectivity index (χ1v) is 48.2. The lowest BCUT2D eigenvalue weighted by Crippen LogP contribution is -2.62. The number of fused-ring (bicyclic) bond motifs is 3. The van der Waals surface area contributed by atoms with Crippen LogP contribution in [0.5, 0.6) is 0 Å². The minimum atomic E-state index is -1.93. The molecule has 2 fully saturated rings. The fourth-order valence-electron chi connectivity index (χ4n) is 16.6. The van der Waals surface area contributed by atoms with Crippen molar-refractivity contribution in [1.82, 2.24) is 109 Å². The second kappa shape index (κ2) is 54.0. The fraction of sp³-hybridized carbons (Fsp3) is 0.495. The number of hydrogen-bond acceptors (Lipinski definition) is 23. The molecule has 14 atom stereocenters. The number of aliphatic hydroxyl groups is 1. The number of amides is 18. The van der Waals surface area contributed by atoms with Gasteiger partial charge in [-0.25, -0.2) is 4.98 Å². The van der Waals surface area contributed by atoms with Gasteiger partial charge in [-0.05, 0) is 105 Å². The molecule has 0 spiro atoms. The summed E-state index contributed by atoms with van der Waals surface area (Å²) < 4.78 is 5.32. The summed E-state index contributed by atoms with van der Waals surface area (Å²) in [5, 5.41) is 54.9. The van der Waals surface area contributed by atoms with Gasteiger partial charge in [-0.2, -0.15) is 0 Å². The maximum absolute atomic E-state index is 15.8. The summed E-state index contributed by atoms with van der Waals surface area (Å²) in [7, 11) is 3.93. The van der Waals surface area contributed by atoms with Gasteiger partial charge in [0.05, 0.1) is 37.9 Å². The summed E-state index contributed by atoms with van der Waals surface area (Å²) in [5.74, 6) is -18.9. The second-order valence-corrected chi connectivity index (χ2v) is 36.5. The molecule has 0 aliphatic carbocycles. The van der Waals surface area contributed by atoms with Crippen LogP contribution in [0.15, 0.2) is 127 Å². The molecule has 1 unspecified atom stereocenters. The summed E-state index contributed by atoms with van der Waals surface area (Å²) in [6.07, 6.45) is 6.16. The number of unbranched alkanes of at least 4 members (excludes halogenated alkanes) is 2. The normalized spacial score (nSPS) is 23.2. The van der Waals surface area contributed by atoms with Crippen molar-refractivity contribution in [2.45, 2.75) is 228 Å². The molecule has 0 radical (unpaired) electrons. The van der Waals surface area contributed by atoms with Crippen LogP contribution in [-0.2, 0) is 107 Å². The molecule has 7 aromatic rings. The molecule has 18 amide bonds. The minimum Gasteiger partial charge on any atom is -0.459 e. The van der Waals surface area contributed by atoms with Crippen molar-refractivity contribution < 1.29 is 95.8 Å². The third-order valence-electron chi connectivity index (χ3n) is 24.5. The highest BCUT2D eigenvalue weighted by atomic mass is 32.2. The van der Waals surface area contributed by atoms with E-state index in [1.807, 2.05) is 13.8 Å². The molecule has 0 saturated carbocycles. The number of nitrogens with zero attached hydrogens (tertiary/aromatic N) is 5. The molecular weight excluding hydrogens is 1840 g/mol. The lowest BCUT2D eigenvalue weighted by atomic mass is 10.00. The largest absolute Gasteiger partial charge is 0.459 e. The first-order chi connectivity index (χ1) is 67.4. The van der Waals surface area contributed by atoms with Crippen molar-refractivity contribution in [3.63, 3.8) is 0 Å². The van der Waals surface area contributed by atoms with Gasteiger partial charge in [0.1, 0.15) is 84.6 Å². The van der Waals surface area contributed by atoms with Crippen molar-refractivity contribution in [2.24, 2.45) is 23.1 Å². The topological polar surface area (TPSA) is 672 Å². The van der Waals surface area contributed by atoms with Crippen LogP contribution < -0.4 is 86.3 Å². The maximum Gasteiger partial charge on any atom is 0.286 e. The molecule has 2 aliphatic rings. The number of thioether (sulfide) groups is 1. The number of hydrogen-bond donors (Lipinski definition) is 21. The van der Waals surface area contributed by atoms with Crippen molar-refractivity contribution in [3.05, 3.63) is 150 Å². The Kier molecular flexibility index (Phi) is 42.1. The SMILES string of the molecule is CCCC[C@H]1C(=O)N(C)[C@@H](CCCC)C(=O)N[C@@H](CCCNC(=N)N)C(=O)NC(C(=O)NCC(N)=O)CSCC(=O)N[C@@H](Cc2ccccc2)C(=O)N(C)[C@@H](C)C(=O)N[C@@H](CC(N)=O)C(=O)N2CCC[C@H]2C(=O)N[C@@H](Cc2cnc[nH]2)C(=O)N[C@@H](CC(C)C)C(=O)N[C@@H](CCNC(=O)c2ccco2)C(=O)N[C@@H](Cc2c[nH]c3ccccc23)C(=O)N[C@@H](CO)C(=O)N[C@@H](Cc2c[nH]c3ccccc23)C(=O)N1C. The third-order valence-corrected chi connectivity index (χ3v) is 25.5. The molecule has 762 valence electrons. The number of primary amides is 2. The van der Waals surface area contributed by atoms with Gasteiger partial charge in [0, 0.05) is 118 Å². The highest BCUT2D eigenvalue weighted by Gasteiger charge is 2.45. The first kappa shape index (κ1) is 110. The summed E-state index contributed by atoms with van der Waals surface area (Å²) in [6.45, 7) is 6.08. The van der Waals surface area contributed by atoms with E-state index < -0.39 is 240 Å². The van der Waals surface area contributed by atoms with Crippen LogP contribution in [0.1, 0.15) is 151 Å². The molecule has 6 heterocycles. The standard InChI is InChI=1S/C95H131N25O20S/c1-9-11-30-73-88(133)109-63(29-20-35-102-95(98)99)82(127)116-72(81(126)105-48-78(97)123)50-141-51-79(124)107-68(40-55-23-14-13-15-24-55)91(136)117(6)54(5)80(125)113-70(44-77(96)122)93(138)120-37-21-32-74(120)89(134)112-67(43-58-47-100-52-106-58)86(131)110-65(39-53(3)4)84(129)108-64(34-36-101-90(135)76-33-22-38-140-76)83(128)111-66(41-56-45-103-61-27-18-16-25-59(56)61)85(130)115-71(49-121)87(132)114-69(42-57-46-104-62-28-19-17-26-60(57)62)92(137)119(8)75(31-12-10-2)94(139)118(73)7/h13-19,22-28,33,38,45-47,52-54,63-75,103-104,121H,9-12,20-21,29-32,34-37,39-44,48-51H2,1-8H3,(H2,96,122)(H2,97,123)(H,100,106)(H,101,135)(H,105,126)(H,107,124)(H,108,129)(H,109,133)(H,110,131)(H,111,128)(H,112,134)(H,113,125)(H,114,132)(H,115,130)(H,116,127)(H4,98,99,102)/t54-,63-,64-,65-,66-,67-,68-,69-,70-,71-,72?,73-,74-,75-/m0/s1. The van der Waals surface area contributed by atoms with E-state index in [0.717, 1.165) is 31.4 Å². The number of nitrogens with two attached hydrogens (primary N) is 3. The number of aliphatic hydroxyl groups excluding tert-OH is 1. The molecule has 3 aromatic carbocycles. The average molecular weight is 1980 g/mol. The molecule has 4 aromatic heterocycles. The fourth-order valence-corrected chi connectivity index (χ4v) is 17.5. The first-order valence-electron chi connectivity index (χ1n) is 47.1. The smallest absolute Gasteiger partial charge is 0.286 e. The Bertz CT molecular complexity index is 5520. The number of aromatic nitrogens is 4. The number of carbonyl (C=O) groups is 18. The average Bonchev–Trinajstić information content (AvgIpc) is 1.65. The number of aromatic amines is 3. The van der Waals surface area contributed by atoms with Gasteiger partial charge < -0.3 is 130 Å². The van der Waals surface area contributed by atoms with E-state index in [1.165, 1.54) is 59.0 Å². The molecule has 141 heavy (non-hydrogen) atoms. The number of guanidine groups is 1. The van der Waals surface area contributed by atoms with Gasteiger partial charge in [0.2, 0.25) is 100 Å². The monoisotopic (exact) mass is 1970 g/mol. The predicted molar refractivity (Wildman–Crippen MR) is 520 cm³/mol. The predicted octanol–water partition coefficient (Wildman–Crippen LogP) is -1.70. The quantitative estimate of drug-likeness (QED) is 0.0136. The molecule has 46 heteroatoms. The minimum absolute atomic E-state index is 0.0123. The summed E-state index contributed by atoms with van der Waals surface area (Å²) in [6, 6.07) is 3.09. The number of para-hydroxylation sites is 2. The lowest BCUT2D eigenvalue weighted by Gasteiger charge is -2.36. The summed E-state index contributed by atoms with van der Waals surface area (Å²) >= 11 is 0.786. The molecular formula is C95H131N25O20S. The summed E-state index contributed by atoms with van der Waals surface area (Å²) in [4.78, 5) is 283. The third kappa shape index (κ3) is 32.2. The number of nitrogens with one attached hydrogen (secondary N) is 17. The Labute approximate surface area is 818 Å². The Morgan fingerprint density at radius 1 is 0.525 bits per heavy atom. The zero-order chi connectivity index (χ0) is 103. The van der Waals surface area contributed by atoms with E-state index in [-0.39, 0.29) is 96.0 Å². The van der Waals surface area contributed by atoms with Gasteiger partial charge >= 0.3 is 0 Å². The van der Waals surface area contributed by atoms with E-state index in [2.05, 4.69) is 89.1 Å². The van der Waals surface area contributed by atoms with Crippen LogP contribution >= 0.6 is 11.8 Å². The highest BCUT2D eigenvalue weighted by molar-refractivity contribution is 8.00. The number of rotatable bonds is 30. The number of furan rings is 1. The number of H-pyrrole nitrogens is 3.